The van der Waals surface area contributed by atoms with E-state index in [0.717, 1.165) is 32.4 Å². The number of rotatable bonds is 5. The molecule has 0 bridgehead atoms. The van der Waals surface area contributed by atoms with Gasteiger partial charge in [0, 0.05) is 11.4 Å². The largest absolute Gasteiger partial charge is 0.351 e. The lowest BCUT2D eigenvalue weighted by atomic mass is 9.81. The van der Waals surface area contributed by atoms with Gasteiger partial charge in [0.05, 0.1) is 12.0 Å². The van der Waals surface area contributed by atoms with Crippen molar-refractivity contribution in [2.75, 3.05) is 13.1 Å². The van der Waals surface area contributed by atoms with E-state index in [1.165, 1.54) is 10.4 Å². The average Bonchev–Trinajstić information content (AvgIpc) is 2.97. The van der Waals surface area contributed by atoms with Gasteiger partial charge in [-0.2, -0.15) is 0 Å². The molecule has 0 aliphatic carbocycles. The van der Waals surface area contributed by atoms with Crippen molar-refractivity contribution >= 4 is 17.2 Å². The normalized spacial score (nSPS) is 23.2. The second-order valence-electron chi connectivity index (χ2n) is 5.17. The maximum absolute atomic E-state index is 12.4. The van der Waals surface area contributed by atoms with Crippen LogP contribution in [-0.2, 0) is 11.3 Å². The Kier molecular flexibility index (Phi) is 4.40. The van der Waals surface area contributed by atoms with Crippen molar-refractivity contribution in [1.82, 2.24) is 10.6 Å². The number of hydrogen-bond acceptors (Lipinski definition) is 3. The number of thiophene rings is 1. The molecule has 0 spiro atoms. The van der Waals surface area contributed by atoms with Crippen molar-refractivity contribution in [3.63, 3.8) is 0 Å². The molecule has 0 saturated carbocycles. The fraction of sp³-hybridized carbons (Fsp3) is 0.643. The first kappa shape index (κ1) is 13.6. The third-order valence-electron chi connectivity index (χ3n) is 3.83. The summed E-state index contributed by atoms with van der Waals surface area (Å²) in [7, 11) is 0. The molecule has 1 saturated heterocycles. The molecule has 1 amide bonds. The molecule has 1 atom stereocenters. The van der Waals surface area contributed by atoms with Crippen LogP contribution in [0.15, 0.2) is 11.4 Å². The SMILES string of the molecule is CCCC1(C(=O)NCc2sccc2C)CCNC1. The predicted octanol–water partition coefficient (Wildman–Crippen LogP) is 2.45. The topological polar surface area (TPSA) is 41.1 Å². The van der Waals surface area contributed by atoms with Gasteiger partial charge in [-0.1, -0.05) is 13.3 Å². The average molecular weight is 266 g/mol. The molecule has 2 rings (SSSR count). The third-order valence-corrected chi connectivity index (χ3v) is 4.85. The van der Waals surface area contributed by atoms with Crippen LogP contribution in [-0.4, -0.2) is 19.0 Å². The van der Waals surface area contributed by atoms with Gasteiger partial charge in [0.2, 0.25) is 5.91 Å². The summed E-state index contributed by atoms with van der Waals surface area (Å²) in [5.74, 6) is 0.224. The molecule has 4 heteroatoms. The molecule has 1 aromatic rings. The van der Waals surface area contributed by atoms with E-state index in [-0.39, 0.29) is 11.3 Å². The lowest BCUT2D eigenvalue weighted by molar-refractivity contribution is -0.130. The molecular formula is C14H22N2OS. The van der Waals surface area contributed by atoms with E-state index in [1.807, 2.05) is 0 Å². The smallest absolute Gasteiger partial charge is 0.227 e. The second-order valence-corrected chi connectivity index (χ2v) is 6.17. The predicted molar refractivity (Wildman–Crippen MR) is 75.7 cm³/mol. The Morgan fingerprint density at radius 1 is 1.61 bits per heavy atom. The van der Waals surface area contributed by atoms with Crippen LogP contribution in [0.2, 0.25) is 0 Å². The van der Waals surface area contributed by atoms with Gasteiger partial charge in [0.25, 0.3) is 0 Å². The zero-order chi connectivity index (χ0) is 13.0. The van der Waals surface area contributed by atoms with Gasteiger partial charge in [-0.05, 0) is 43.3 Å². The minimum atomic E-state index is -0.167. The van der Waals surface area contributed by atoms with Crippen LogP contribution >= 0.6 is 11.3 Å². The van der Waals surface area contributed by atoms with Crippen molar-refractivity contribution in [2.24, 2.45) is 5.41 Å². The molecule has 0 radical (unpaired) electrons. The highest BCUT2D eigenvalue weighted by Crippen LogP contribution is 2.31. The fourth-order valence-electron chi connectivity index (χ4n) is 2.68. The lowest BCUT2D eigenvalue weighted by Gasteiger charge is -2.26. The molecule has 1 aromatic heterocycles. The Balaban J connectivity index is 1.96. The minimum absolute atomic E-state index is 0.167. The van der Waals surface area contributed by atoms with Crippen LogP contribution in [0.5, 0.6) is 0 Å². The van der Waals surface area contributed by atoms with Crippen molar-refractivity contribution in [2.45, 2.75) is 39.7 Å². The second kappa shape index (κ2) is 5.85. The summed E-state index contributed by atoms with van der Waals surface area (Å²) in [5, 5.41) is 8.53. The molecule has 3 nitrogen and oxygen atoms in total. The Hall–Kier alpha value is -0.870. The standard InChI is InChI=1S/C14H22N2OS/c1-3-5-14(6-7-15-10-14)13(17)16-9-12-11(2)4-8-18-12/h4,8,15H,3,5-7,9-10H2,1-2H3,(H,16,17). The molecule has 1 unspecified atom stereocenters. The highest BCUT2D eigenvalue weighted by atomic mass is 32.1. The monoisotopic (exact) mass is 266 g/mol. The maximum Gasteiger partial charge on any atom is 0.227 e. The van der Waals surface area contributed by atoms with Crippen LogP contribution in [0.3, 0.4) is 0 Å². The van der Waals surface area contributed by atoms with E-state index in [2.05, 4.69) is 35.9 Å². The Morgan fingerprint density at radius 3 is 3.00 bits per heavy atom. The van der Waals surface area contributed by atoms with Gasteiger partial charge in [-0.25, -0.2) is 0 Å². The number of aryl methyl sites for hydroxylation is 1. The summed E-state index contributed by atoms with van der Waals surface area (Å²) in [6.07, 6.45) is 3.01. The number of nitrogens with one attached hydrogen (secondary N) is 2. The highest BCUT2D eigenvalue weighted by Gasteiger charge is 2.39. The number of carbonyl (C=O) groups is 1. The molecular weight excluding hydrogens is 244 g/mol. The number of amides is 1. The van der Waals surface area contributed by atoms with E-state index in [0.29, 0.717) is 6.54 Å². The lowest BCUT2D eigenvalue weighted by Crippen LogP contribution is -2.42. The zero-order valence-corrected chi connectivity index (χ0v) is 12.0. The van der Waals surface area contributed by atoms with E-state index in [4.69, 9.17) is 0 Å². The molecule has 2 N–H and O–H groups in total. The van der Waals surface area contributed by atoms with Gasteiger partial charge in [-0.15, -0.1) is 11.3 Å². The van der Waals surface area contributed by atoms with Gasteiger partial charge in [0.15, 0.2) is 0 Å². The van der Waals surface area contributed by atoms with E-state index >= 15 is 0 Å². The summed E-state index contributed by atoms with van der Waals surface area (Å²) in [5.41, 5.74) is 1.11. The Morgan fingerprint density at radius 2 is 2.44 bits per heavy atom. The van der Waals surface area contributed by atoms with E-state index in [1.54, 1.807) is 11.3 Å². The van der Waals surface area contributed by atoms with Gasteiger partial charge >= 0.3 is 0 Å². The summed E-state index contributed by atoms with van der Waals surface area (Å²) in [6, 6.07) is 2.10. The number of hydrogen-bond donors (Lipinski definition) is 2. The first-order valence-corrected chi connectivity index (χ1v) is 7.58. The van der Waals surface area contributed by atoms with Gasteiger partial charge < -0.3 is 10.6 Å². The highest BCUT2D eigenvalue weighted by molar-refractivity contribution is 7.10. The van der Waals surface area contributed by atoms with Crippen LogP contribution in [0, 0.1) is 12.3 Å². The Labute approximate surface area is 113 Å². The van der Waals surface area contributed by atoms with Crippen LogP contribution < -0.4 is 10.6 Å². The molecule has 2 heterocycles. The van der Waals surface area contributed by atoms with E-state index in [9.17, 15) is 4.79 Å². The fourth-order valence-corrected chi connectivity index (χ4v) is 3.52. The summed E-state index contributed by atoms with van der Waals surface area (Å²) in [4.78, 5) is 13.7. The van der Waals surface area contributed by atoms with Crippen LogP contribution in [0.1, 0.15) is 36.6 Å². The first-order valence-electron chi connectivity index (χ1n) is 6.70. The maximum atomic E-state index is 12.4. The number of carbonyl (C=O) groups excluding carboxylic acids is 1. The van der Waals surface area contributed by atoms with Crippen molar-refractivity contribution in [3.8, 4) is 0 Å². The van der Waals surface area contributed by atoms with Gasteiger partial charge in [-0.3, -0.25) is 4.79 Å². The molecule has 18 heavy (non-hydrogen) atoms. The van der Waals surface area contributed by atoms with Gasteiger partial charge in [0.1, 0.15) is 0 Å². The molecule has 1 aliphatic rings. The molecule has 100 valence electrons. The summed E-state index contributed by atoms with van der Waals surface area (Å²) >= 11 is 1.72. The first-order chi connectivity index (χ1) is 8.68. The van der Waals surface area contributed by atoms with Crippen molar-refractivity contribution in [1.29, 1.82) is 0 Å². The van der Waals surface area contributed by atoms with Crippen molar-refractivity contribution in [3.05, 3.63) is 21.9 Å². The van der Waals surface area contributed by atoms with E-state index < -0.39 is 0 Å². The van der Waals surface area contributed by atoms with Crippen molar-refractivity contribution < 1.29 is 4.79 Å². The van der Waals surface area contributed by atoms with Crippen LogP contribution in [0.25, 0.3) is 0 Å². The quantitative estimate of drug-likeness (QED) is 0.859. The summed E-state index contributed by atoms with van der Waals surface area (Å²) in [6.45, 7) is 6.71. The molecule has 1 fully saturated rings. The zero-order valence-electron chi connectivity index (χ0n) is 11.2. The third kappa shape index (κ3) is 2.75. The Bertz CT molecular complexity index is 408. The minimum Gasteiger partial charge on any atom is -0.351 e. The molecule has 1 aliphatic heterocycles. The molecule has 0 aromatic carbocycles. The summed E-state index contributed by atoms with van der Waals surface area (Å²) < 4.78 is 0. The van der Waals surface area contributed by atoms with Crippen LogP contribution in [0.4, 0.5) is 0 Å².